The number of phenols is 1. The molecule has 0 amide bonds. The van der Waals surface area contributed by atoms with Crippen LogP contribution in [-0.2, 0) is 0 Å². The molecule has 0 saturated carbocycles. The van der Waals surface area contributed by atoms with Crippen LogP contribution < -0.4 is 15.8 Å². The number of hydrogen-bond acceptors (Lipinski definition) is 4. The molecule has 0 unspecified atom stereocenters. The van der Waals surface area contributed by atoms with E-state index in [9.17, 15) is 5.11 Å². The van der Waals surface area contributed by atoms with Crippen LogP contribution in [0.3, 0.4) is 0 Å². The number of methoxy groups -OCH3 is 1. The largest absolute Gasteiger partial charge is 0.508 e. The number of nitrogen functional groups attached to an aromatic ring is 1. The fourth-order valence-electron chi connectivity index (χ4n) is 1.17. The first kappa shape index (κ1) is 9.51. The second-order valence-corrected chi connectivity index (χ2v) is 2.77. The van der Waals surface area contributed by atoms with E-state index in [0.29, 0.717) is 22.7 Å². The third kappa shape index (κ3) is 1.47. The van der Waals surface area contributed by atoms with Crippen LogP contribution in [0.5, 0.6) is 11.5 Å². The van der Waals surface area contributed by atoms with Gasteiger partial charge in [-0.15, -0.1) is 0 Å². The Balaban J connectivity index is 3.39. The van der Waals surface area contributed by atoms with Crippen molar-refractivity contribution in [3.05, 3.63) is 11.6 Å². The Kier molecular flexibility index (Phi) is 2.51. The van der Waals surface area contributed by atoms with Crippen LogP contribution in [0.2, 0.25) is 0 Å². The number of hydrogen-bond donors (Lipinski definition) is 3. The third-order valence-corrected chi connectivity index (χ3v) is 2.03. The molecule has 4 heteroatoms. The summed E-state index contributed by atoms with van der Waals surface area (Å²) in [5.41, 5.74) is 7.53. The number of ether oxygens (including phenoxy) is 1. The average molecular weight is 182 g/mol. The molecule has 0 aliphatic heterocycles. The Labute approximate surface area is 77.3 Å². The van der Waals surface area contributed by atoms with Crippen LogP contribution >= 0.6 is 0 Å². The van der Waals surface area contributed by atoms with Crippen LogP contribution in [0.1, 0.15) is 5.56 Å². The number of nitrogens with one attached hydrogen (secondary N) is 1. The van der Waals surface area contributed by atoms with Gasteiger partial charge in [0.25, 0.3) is 0 Å². The molecule has 0 fully saturated rings. The predicted molar refractivity (Wildman–Crippen MR) is 53.4 cm³/mol. The van der Waals surface area contributed by atoms with Gasteiger partial charge in [0.1, 0.15) is 5.75 Å². The van der Waals surface area contributed by atoms with E-state index in [4.69, 9.17) is 10.5 Å². The molecular formula is C9H14N2O2. The SMILES string of the molecule is CNc1cc(O)c(C)c(N)c1OC. The molecule has 0 aliphatic carbocycles. The van der Waals surface area contributed by atoms with E-state index in [0.717, 1.165) is 0 Å². The van der Waals surface area contributed by atoms with Crippen molar-refractivity contribution < 1.29 is 9.84 Å². The highest BCUT2D eigenvalue weighted by atomic mass is 16.5. The van der Waals surface area contributed by atoms with E-state index in [-0.39, 0.29) is 5.75 Å². The fourth-order valence-corrected chi connectivity index (χ4v) is 1.17. The molecule has 1 aromatic rings. The molecule has 0 aromatic heterocycles. The van der Waals surface area contributed by atoms with E-state index < -0.39 is 0 Å². The van der Waals surface area contributed by atoms with Gasteiger partial charge in [0.05, 0.1) is 18.5 Å². The van der Waals surface area contributed by atoms with Crippen molar-refractivity contribution in [3.8, 4) is 11.5 Å². The zero-order chi connectivity index (χ0) is 10.0. The summed E-state index contributed by atoms with van der Waals surface area (Å²) in [6, 6.07) is 1.59. The fraction of sp³-hybridized carbons (Fsp3) is 0.333. The Bertz CT molecular complexity index is 324. The standard InChI is InChI=1S/C9H14N2O2/c1-5-7(12)4-6(11-2)9(13-3)8(5)10/h4,11-12H,10H2,1-3H3. The number of aromatic hydroxyl groups is 1. The number of nitrogens with two attached hydrogens (primary N) is 1. The van der Waals surface area contributed by atoms with Crippen LogP contribution in [0.15, 0.2) is 6.07 Å². The highest BCUT2D eigenvalue weighted by Crippen LogP contribution is 2.38. The predicted octanol–water partition coefficient (Wildman–Crippen LogP) is 1.33. The summed E-state index contributed by atoms with van der Waals surface area (Å²) in [7, 11) is 3.29. The van der Waals surface area contributed by atoms with Crippen molar-refractivity contribution in [2.75, 3.05) is 25.2 Å². The summed E-state index contributed by atoms with van der Waals surface area (Å²) in [5.74, 6) is 0.737. The Morgan fingerprint density at radius 2 is 2.15 bits per heavy atom. The van der Waals surface area contributed by atoms with Gasteiger partial charge >= 0.3 is 0 Å². The monoisotopic (exact) mass is 182 g/mol. The first-order chi connectivity index (χ1) is 6.11. The molecule has 1 aromatic carbocycles. The summed E-state index contributed by atoms with van der Waals surface area (Å²) in [6.45, 7) is 1.74. The van der Waals surface area contributed by atoms with Gasteiger partial charge in [-0.05, 0) is 6.92 Å². The molecule has 0 aliphatic rings. The number of phenolic OH excluding ortho intramolecular Hbond substituents is 1. The van der Waals surface area contributed by atoms with Gasteiger partial charge in [0, 0.05) is 18.7 Å². The second kappa shape index (κ2) is 3.43. The first-order valence-corrected chi connectivity index (χ1v) is 3.95. The van der Waals surface area contributed by atoms with Crippen LogP contribution in [0.25, 0.3) is 0 Å². The number of anilines is 2. The van der Waals surface area contributed by atoms with Crippen LogP contribution in [0, 0.1) is 6.92 Å². The maximum absolute atomic E-state index is 9.46. The van der Waals surface area contributed by atoms with Crippen LogP contribution in [-0.4, -0.2) is 19.3 Å². The van der Waals surface area contributed by atoms with Crippen molar-refractivity contribution in [1.82, 2.24) is 0 Å². The summed E-state index contributed by atoms with van der Waals surface area (Å²) in [6.07, 6.45) is 0. The normalized spacial score (nSPS) is 9.77. The van der Waals surface area contributed by atoms with Crippen molar-refractivity contribution in [1.29, 1.82) is 0 Å². The molecule has 0 bridgehead atoms. The van der Waals surface area contributed by atoms with Crippen molar-refractivity contribution in [3.63, 3.8) is 0 Å². The zero-order valence-electron chi connectivity index (χ0n) is 8.01. The molecule has 13 heavy (non-hydrogen) atoms. The van der Waals surface area contributed by atoms with E-state index in [2.05, 4.69) is 5.32 Å². The minimum atomic E-state index is 0.169. The van der Waals surface area contributed by atoms with Gasteiger partial charge in [-0.25, -0.2) is 0 Å². The minimum Gasteiger partial charge on any atom is -0.508 e. The van der Waals surface area contributed by atoms with Gasteiger partial charge in [0.15, 0.2) is 5.75 Å². The van der Waals surface area contributed by atoms with Gasteiger partial charge in [-0.1, -0.05) is 0 Å². The smallest absolute Gasteiger partial charge is 0.165 e. The second-order valence-electron chi connectivity index (χ2n) is 2.77. The minimum absolute atomic E-state index is 0.169. The molecule has 0 saturated heterocycles. The highest BCUT2D eigenvalue weighted by Gasteiger charge is 2.11. The lowest BCUT2D eigenvalue weighted by molar-refractivity contribution is 0.416. The summed E-state index contributed by atoms with van der Waals surface area (Å²) in [5, 5.41) is 12.3. The average Bonchev–Trinajstić information content (AvgIpc) is 2.13. The lowest BCUT2D eigenvalue weighted by Gasteiger charge is -2.13. The molecule has 4 N–H and O–H groups in total. The Hall–Kier alpha value is -1.58. The van der Waals surface area contributed by atoms with E-state index in [1.807, 2.05) is 0 Å². The quantitative estimate of drug-likeness (QED) is 0.604. The summed E-state index contributed by atoms with van der Waals surface area (Å²) < 4.78 is 5.10. The van der Waals surface area contributed by atoms with Crippen molar-refractivity contribution >= 4 is 11.4 Å². The molecule has 0 radical (unpaired) electrons. The van der Waals surface area contributed by atoms with Crippen molar-refractivity contribution in [2.45, 2.75) is 6.92 Å². The maximum Gasteiger partial charge on any atom is 0.165 e. The molecule has 72 valence electrons. The van der Waals surface area contributed by atoms with Gasteiger partial charge < -0.3 is 20.9 Å². The maximum atomic E-state index is 9.46. The highest BCUT2D eigenvalue weighted by molar-refractivity contribution is 5.75. The summed E-state index contributed by atoms with van der Waals surface area (Å²) in [4.78, 5) is 0. The Morgan fingerprint density at radius 1 is 1.54 bits per heavy atom. The van der Waals surface area contributed by atoms with Crippen molar-refractivity contribution in [2.24, 2.45) is 0 Å². The Morgan fingerprint density at radius 3 is 2.62 bits per heavy atom. The summed E-state index contributed by atoms with van der Waals surface area (Å²) >= 11 is 0. The molecule has 0 spiro atoms. The van der Waals surface area contributed by atoms with Gasteiger partial charge in [0.2, 0.25) is 0 Å². The van der Waals surface area contributed by atoms with Gasteiger partial charge in [-0.3, -0.25) is 0 Å². The molecule has 1 rings (SSSR count). The third-order valence-electron chi connectivity index (χ3n) is 2.03. The van der Waals surface area contributed by atoms with Crippen LogP contribution in [0.4, 0.5) is 11.4 Å². The molecule has 0 heterocycles. The van der Waals surface area contributed by atoms with E-state index in [1.54, 1.807) is 27.1 Å². The number of rotatable bonds is 2. The lowest BCUT2D eigenvalue weighted by Crippen LogP contribution is -2.00. The number of benzene rings is 1. The zero-order valence-corrected chi connectivity index (χ0v) is 8.01. The van der Waals surface area contributed by atoms with E-state index in [1.165, 1.54) is 0 Å². The topological polar surface area (TPSA) is 67.5 Å². The molecular weight excluding hydrogens is 168 g/mol. The molecule has 4 nitrogen and oxygen atoms in total. The first-order valence-electron chi connectivity index (χ1n) is 3.95. The molecule has 0 atom stereocenters. The van der Waals surface area contributed by atoms with Gasteiger partial charge in [-0.2, -0.15) is 0 Å². The lowest BCUT2D eigenvalue weighted by atomic mass is 10.1. The van der Waals surface area contributed by atoms with E-state index >= 15 is 0 Å².